The summed E-state index contributed by atoms with van der Waals surface area (Å²) in [6.07, 6.45) is -4.66. The Kier molecular flexibility index (Phi) is 5.54. The number of thiocarbonyl (C=S) groups is 1. The number of rotatable bonds is 4. The van der Waals surface area contributed by atoms with E-state index in [0.29, 0.717) is 6.07 Å². The van der Waals surface area contributed by atoms with E-state index in [9.17, 15) is 23.2 Å². The van der Waals surface area contributed by atoms with Gasteiger partial charge in [0.2, 0.25) is 11.3 Å². The van der Waals surface area contributed by atoms with E-state index in [1.807, 2.05) is 0 Å². The van der Waals surface area contributed by atoms with Crippen LogP contribution in [0.25, 0.3) is 0 Å². The van der Waals surface area contributed by atoms with E-state index in [4.69, 9.17) is 29.6 Å². The predicted octanol–water partition coefficient (Wildman–Crippen LogP) is 4.04. The van der Waals surface area contributed by atoms with E-state index < -0.39 is 23.1 Å². The van der Waals surface area contributed by atoms with E-state index in [1.54, 1.807) is 18.2 Å². The van der Waals surface area contributed by atoms with Gasteiger partial charge in [0.25, 0.3) is 0 Å². The molecule has 26 heavy (non-hydrogen) atoms. The van der Waals surface area contributed by atoms with E-state index in [-0.39, 0.29) is 21.3 Å². The molecular formula is C17H11ClF3N3OS. The summed E-state index contributed by atoms with van der Waals surface area (Å²) in [5.41, 5.74) is 2.03. The van der Waals surface area contributed by atoms with Crippen molar-refractivity contribution in [2.24, 2.45) is 5.73 Å². The Morgan fingerprint density at radius 1 is 1.15 bits per heavy atom. The second-order valence-corrected chi connectivity index (χ2v) is 6.05. The van der Waals surface area contributed by atoms with Crippen molar-refractivity contribution in [1.29, 1.82) is 5.26 Å². The van der Waals surface area contributed by atoms with Crippen molar-refractivity contribution in [3.8, 4) is 6.07 Å². The minimum absolute atomic E-state index is 0.246. The third-order valence-electron chi connectivity index (χ3n) is 3.62. The van der Waals surface area contributed by atoms with Gasteiger partial charge in [-0.05, 0) is 29.8 Å². The van der Waals surface area contributed by atoms with Crippen LogP contribution in [-0.4, -0.2) is 10.9 Å². The van der Waals surface area contributed by atoms with Crippen molar-refractivity contribution in [2.45, 2.75) is 11.6 Å². The fraction of sp³-hybridized carbons (Fsp3) is 0.118. The number of amides is 1. The lowest BCUT2D eigenvalue weighted by Crippen LogP contribution is -2.49. The smallest absolute Gasteiger partial charge is 0.368 e. The van der Waals surface area contributed by atoms with Gasteiger partial charge in [-0.15, -0.1) is 0 Å². The second-order valence-electron chi connectivity index (χ2n) is 5.24. The first-order valence-corrected chi connectivity index (χ1v) is 7.86. The molecule has 3 N–H and O–H groups in total. The van der Waals surface area contributed by atoms with Crippen LogP contribution in [0.15, 0.2) is 48.5 Å². The Morgan fingerprint density at radius 3 is 2.31 bits per heavy atom. The number of nitrogens with zero attached hydrogens (tertiary/aromatic N) is 1. The van der Waals surface area contributed by atoms with Crippen LogP contribution in [0, 0.1) is 11.3 Å². The maximum absolute atomic E-state index is 13.0. The third-order valence-corrected chi connectivity index (χ3v) is 4.36. The number of nitriles is 1. The maximum atomic E-state index is 13.0. The molecule has 0 aromatic heterocycles. The van der Waals surface area contributed by atoms with Gasteiger partial charge < -0.3 is 11.1 Å². The molecule has 134 valence electrons. The summed E-state index contributed by atoms with van der Waals surface area (Å²) in [7, 11) is 0. The van der Waals surface area contributed by atoms with Gasteiger partial charge in [0.15, 0.2) is 0 Å². The second kappa shape index (κ2) is 7.32. The number of para-hydroxylation sites is 1. The summed E-state index contributed by atoms with van der Waals surface area (Å²) < 4.78 is 39.0. The zero-order valence-electron chi connectivity index (χ0n) is 13.0. The van der Waals surface area contributed by atoms with Crippen LogP contribution in [0.2, 0.25) is 5.02 Å². The van der Waals surface area contributed by atoms with Gasteiger partial charge in [0.05, 0.1) is 22.3 Å². The fourth-order valence-electron chi connectivity index (χ4n) is 2.26. The van der Waals surface area contributed by atoms with Gasteiger partial charge in [0, 0.05) is 0 Å². The Bertz CT molecular complexity index is 911. The number of alkyl halides is 3. The predicted molar refractivity (Wildman–Crippen MR) is 95.6 cm³/mol. The molecule has 4 nitrogen and oxygen atoms in total. The number of carbonyl (C=O) groups is 1. The zero-order chi connectivity index (χ0) is 19.5. The van der Waals surface area contributed by atoms with Crippen LogP contribution >= 0.6 is 23.8 Å². The van der Waals surface area contributed by atoms with Crippen LogP contribution in [0.3, 0.4) is 0 Å². The molecule has 0 bridgehead atoms. The molecule has 9 heteroatoms. The number of halogens is 4. The summed E-state index contributed by atoms with van der Waals surface area (Å²) in [6.45, 7) is 0. The molecule has 2 aromatic carbocycles. The minimum Gasteiger partial charge on any atom is -0.368 e. The highest BCUT2D eigenvalue weighted by Gasteiger charge is 2.45. The molecule has 0 aliphatic heterocycles. The molecule has 0 saturated carbocycles. The van der Waals surface area contributed by atoms with Crippen LogP contribution < -0.4 is 11.1 Å². The number of benzene rings is 2. The topological polar surface area (TPSA) is 78.9 Å². The average molecular weight is 398 g/mol. The molecule has 0 radical (unpaired) electrons. The molecule has 0 aliphatic rings. The lowest BCUT2D eigenvalue weighted by Gasteiger charge is -2.26. The van der Waals surface area contributed by atoms with Crippen molar-refractivity contribution in [3.63, 3.8) is 0 Å². The van der Waals surface area contributed by atoms with Gasteiger partial charge in [-0.2, -0.15) is 18.4 Å². The van der Waals surface area contributed by atoms with Crippen LogP contribution in [0.1, 0.15) is 11.1 Å². The fourth-order valence-corrected chi connectivity index (χ4v) is 2.82. The highest BCUT2D eigenvalue weighted by molar-refractivity contribution is 7.80. The molecule has 0 fully saturated rings. The van der Waals surface area contributed by atoms with E-state index in [2.05, 4.69) is 5.32 Å². The first-order chi connectivity index (χ1) is 12.1. The molecule has 0 saturated heterocycles. The van der Waals surface area contributed by atoms with E-state index in [1.165, 1.54) is 18.2 Å². The summed E-state index contributed by atoms with van der Waals surface area (Å²) >= 11 is 11.2. The summed E-state index contributed by atoms with van der Waals surface area (Å²) in [4.78, 5) is 11.7. The molecule has 0 heterocycles. The molecule has 1 unspecified atom stereocenters. The van der Waals surface area contributed by atoms with Crippen molar-refractivity contribution in [2.75, 3.05) is 5.32 Å². The van der Waals surface area contributed by atoms with Gasteiger partial charge in [-0.3, -0.25) is 4.79 Å². The van der Waals surface area contributed by atoms with Crippen molar-refractivity contribution < 1.29 is 18.0 Å². The van der Waals surface area contributed by atoms with Crippen molar-refractivity contribution >= 4 is 40.4 Å². The van der Waals surface area contributed by atoms with Gasteiger partial charge in [-0.1, -0.05) is 48.1 Å². The Hall–Kier alpha value is -2.63. The Morgan fingerprint density at radius 2 is 1.77 bits per heavy atom. The summed E-state index contributed by atoms with van der Waals surface area (Å²) in [5, 5.41) is 12.5. The number of hydrogen-bond donors (Lipinski definition) is 2. The summed E-state index contributed by atoms with van der Waals surface area (Å²) in [6, 6.07) is 11.8. The molecule has 2 aromatic rings. The first kappa shape index (κ1) is 19.7. The van der Waals surface area contributed by atoms with Crippen LogP contribution in [0.5, 0.6) is 0 Å². The van der Waals surface area contributed by atoms with Gasteiger partial charge in [-0.25, -0.2) is 0 Å². The molecule has 1 atom stereocenters. The monoisotopic (exact) mass is 397 g/mol. The number of anilines is 1. The highest BCUT2D eigenvalue weighted by Crippen LogP contribution is 2.34. The largest absolute Gasteiger partial charge is 0.416 e. The number of nitrogens with one attached hydrogen (secondary N) is 1. The summed E-state index contributed by atoms with van der Waals surface area (Å²) in [5.74, 6) is -1.20. The standard InChI is InChI=1S/C17H11ClF3N3OS/c18-12-6-1-2-7-13(12)24-15(26)16(9-22,14(23)25)10-4-3-5-11(8-10)17(19,20)21/h1-8H,(H2,23,25)(H,24,26). The highest BCUT2D eigenvalue weighted by atomic mass is 35.5. The average Bonchev–Trinajstić information content (AvgIpc) is 2.57. The quantitative estimate of drug-likeness (QED) is 0.763. The lowest BCUT2D eigenvalue weighted by molar-refractivity contribution is -0.137. The lowest BCUT2D eigenvalue weighted by atomic mass is 9.80. The van der Waals surface area contributed by atoms with Crippen molar-refractivity contribution in [3.05, 3.63) is 64.7 Å². The SMILES string of the molecule is N#CC(C(N)=O)(C(=S)Nc1ccccc1Cl)c1cccc(C(F)(F)F)c1. The number of nitrogens with two attached hydrogens (primary N) is 1. The molecule has 0 aliphatic carbocycles. The molecule has 2 rings (SSSR count). The Labute approximate surface area is 157 Å². The van der Waals surface area contributed by atoms with Crippen LogP contribution in [-0.2, 0) is 16.4 Å². The third kappa shape index (κ3) is 3.64. The number of hydrogen-bond acceptors (Lipinski definition) is 3. The number of carbonyl (C=O) groups excluding carboxylic acids is 1. The van der Waals surface area contributed by atoms with Gasteiger partial charge >= 0.3 is 6.18 Å². The van der Waals surface area contributed by atoms with Crippen molar-refractivity contribution in [1.82, 2.24) is 0 Å². The van der Waals surface area contributed by atoms with E-state index in [0.717, 1.165) is 12.1 Å². The van der Waals surface area contributed by atoms with E-state index >= 15 is 0 Å². The van der Waals surface area contributed by atoms with Crippen LogP contribution in [0.4, 0.5) is 18.9 Å². The number of primary amides is 1. The molecule has 0 spiro atoms. The van der Waals surface area contributed by atoms with Gasteiger partial charge in [0.1, 0.15) is 4.99 Å². The minimum atomic E-state index is -4.66. The Balaban J connectivity index is 2.57. The maximum Gasteiger partial charge on any atom is 0.416 e. The first-order valence-electron chi connectivity index (χ1n) is 7.08. The zero-order valence-corrected chi connectivity index (χ0v) is 14.5. The molecule has 1 amide bonds. The molecular weight excluding hydrogens is 387 g/mol. The normalized spacial score (nSPS) is 13.3.